The van der Waals surface area contributed by atoms with E-state index in [-0.39, 0.29) is 120 Å². The van der Waals surface area contributed by atoms with Gasteiger partial charge in [-0.05, 0) is 133 Å². The zero-order chi connectivity index (χ0) is 90.4. The number of hydrogen-bond acceptors (Lipinski definition) is 33. The summed E-state index contributed by atoms with van der Waals surface area (Å²) in [4.78, 5) is 137. The summed E-state index contributed by atoms with van der Waals surface area (Å²) in [7, 11) is -19.9. The second kappa shape index (κ2) is 35.6. The molecule has 45 nitrogen and oxygen atoms in total. The van der Waals surface area contributed by atoms with Crippen molar-refractivity contribution >= 4 is 131 Å². The van der Waals surface area contributed by atoms with E-state index in [1.54, 1.807) is 13.8 Å². The van der Waals surface area contributed by atoms with Gasteiger partial charge in [-0.1, -0.05) is 39.5 Å². The van der Waals surface area contributed by atoms with Crippen molar-refractivity contribution in [3.8, 4) is 0 Å². The van der Waals surface area contributed by atoms with Crippen LogP contribution in [0.5, 0.6) is 0 Å². The van der Waals surface area contributed by atoms with E-state index >= 15 is 0 Å². The number of amides is 6. The molecular formula is C73H98N12O33S6. The lowest BCUT2D eigenvalue weighted by molar-refractivity contribution is -0.152. The Labute approximate surface area is 713 Å². The highest BCUT2D eigenvalue weighted by Crippen LogP contribution is 2.56. The minimum absolute atomic E-state index is 0.0443. The van der Waals surface area contributed by atoms with Gasteiger partial charge in [0.2, 0.25) is 95.6 Å². The summed E-state index contributed by atoms with van der Waals surface area (Å²) in [6, 6.07) is -2.50. The number of fused-ring (bicyclic) bond motifs is 6. The Bertz CT molecular complexity index is 4710. The maximum Gasteiger partial charge on any atom is 0.325 e. The smallest absolute Gasteiger partial charge is 0.325 e. The van der Waals surface area contributed by atoms with Crippen molar-refractivity contribution in [3.63, 3.8) is 0 Å². The van der Waals surface area contributed by atoms with E-state index in [2.05, 4.69) is 99.7 Å². The molecule has 12 saturated heterocycles. The summed E-state index contributed by atoms with van der Waals surface area (Å²) in [5, 5.41) is 11.6. The summed E-state index contributed by atoms with van der Waals surface area (Å²) < 4.78 is 206. The Morgan fingerprint density at radius 1 is 0.298 bits per heavy atom. The van der Waals surface area contributed by atoms with Crippen LogP contribution in [0.1, 0.15) is 85.5 Å². The monoisotopic (exact) mass is 1860 g/mol. The number of sulfonamides is 6. The second-order valence-electron chi connectivity index (χ2n) is 33.6. The van der Waals surface area contributed by atoms with Gasteiger partial charge in [0.15, 0.2) is 0 Å². The average Bonchev–Trinajstić information content (AvgIpc) is 1.60. The van der Waals surface area contributed by atoms with E-state index in [1.807, 2.05) is 0 Å². The van der Waals surface area contributed by atoms with Gasteiger partial charge in [0, 0.05) is 22.3 Å². The second-order valence-corrected chi connectivity index (χ2v) is 45.2. The quantitative estimate of drug-likeness (QED) is 0.0243. The van der Waals surface area contributed by atoms with Crippen molar-refractivity contribution in [2.75, 3.05) is 39.3 Å². The lowest BCUT2D eigenvalue weighted by atomic mass is 9.93. The molecule has 12 heterocycles. The third kappa shape index (κ3) is 18.9. The first-order valence-corrected chi connectivity index (χ1v) is 49.1. The van der Waals surface area contributed by atoms with Gasteiger partial charge in [-0.15, -0.1) is 0 Å². The molecule has 12 aliphatic heterocycles. The van der Waals surface area contributed by atoms with Crippen LogP contribution in [0.2, 0.25) is 0 Å². The maximum atomic E-state index is 11.9. The molecule has 18 rings (SSSR count). The molecule has 0 spiro atoms. The van der Waals surface area contributed by atoms with Gasteiger partial charge in [-0.25, -0.2) is 78.8 Å². The molecule has 30 unspecified atom stereocenters. The predicted octanol–water partition coefficient (Wildman–Crippen LogP) is -7.58. The minimum atomic E-state index is -3.38. The topological polar surface area (TPSA) is 637 Å². The lowest BCUT2D eigenvalue weighted by Gasteiger charge is -2.26. The molecule has 30 atom stereocenters. The summed E-state index contributed by atoms with van der Waals surface area (Å²) in [5.41, 5.74) is 1.21. The van der Waals surface area contributed by atoms with Crippen molar-refractivity contribution in [2.24, 2.45) is 35.5 Å². The number of nitrogens with one attached hydrogen (secondary N) is 12. The molecule has 684 valence electrons. The van der Waals surface area contributed by atoms with Gasteiger partial charge in [-0.2, -0.15) is 0 Å². The Morgan fingerprint density at radius 2 is 0.500 bits per heavy atom. The number of rotatable bonds is 24. The average molecular weight is 1860 g/mol. The van der Waals surface area contributed by atoms with Gasteiger partial charge >= 0.3 is 35.8 Å². The van der Waals surface area contributed by atoms with Crippen molar-refractivity contribution in [3.05, 3.63) is 73.9 Å². The van der Waals surface area contributed by atoms with Gasteiger partial charge in [0.05, 0.1) is 88.6 Å². The van der Waals surface area contributed by atoms with Crippen molar-refractivity contribution < 1.29 is 151 Å². The molecule has 18 fully saturated rings. The van der Waals surface area contributed by atoms with E-state index in [1.165, 1.54) is 13.8 Å². The van der Waals surface area contributed by atoms with Gasteiger partial charge in [0.1, 0.15) is 91.6 Å². The first-order chi connectivity index (χ1) is 58.0. The van der Waals surface area contributed by atoms with Gasteiger partial charge in [0.25, 0.3) is 0 Å². The fourth-order valence-corrected chi connectivity index (χ4v) is 31.9. The molecule has 0 aromatic heterocycles. The molecule has 0 aromatic carbocycles. The van der Waals surface area contributed by atoms with Crippen LogP contribution in [0.15, 0.2) is 73.9 Å². The van der Waals surface area contributed by atoms with Crippen molar-refractivity contribution in [1.82, 2.24) is 60.2 Å². The molecule has 124 heavy (non-hydrogen) atoms. The van der Waals surface area contributed by atoms with E-state index < -0.39 is 239 Å². The van der Waals surface area contributed by atoms with E-state index in [0.29, 0.717) is 49.7 Å². The minimum Gasteiger partial charge on any atom is -0.459 e. The predicted molar refractivity (Wildman–Crippen MR) is 423 cm³/mol. The number of carbonyl (C=O) groups excluding carboxylic acids is 12. The first kappa shape index (κ1) is 93.1. The fourth-order valence-electron chi connectivity index (χ4n) is 20.0. The zero-order valence-electron chi connectivity index (χ0n) is 67.2. The molecule has 6 amide bonds. The summed E-state index contributed by atoms with van der Waals surface area (Å²) in [6.07, 6.45) is 1.31. The van der Waals surface area contributed by atoms with Crippen LogP contribution in [0.4, 0.5) is 0 Å². The molecule has 51 heteroatoms. The fraction of sp³-hybridized carbons (Fsp3) is 0.671. The standard InChI is InChI=1S/2C13H18N2O5S.2C12H16N2O6S.C12H16N2O5S.C11H14N2O6S/c2*1-6(2)13(17)14-5-10(16)20-12-7-3-8-9(4-7)21(18,19)15-11(8)12;2*1-5(2)12(16)13-4-8(15)20-10-6-3-7-11(19-6)9(10)14-21(7,17)18;1-2-9(15)13-5-10(16)19-12-6-3-7-8(4-6)20(17,18)14-11(7)12;1-2-7(14)12-4-8(15)19-10-5-3-6-11(18-5)9(10)13-20(6,16)17/h2*7-9,11-12,15H,1,3-5H2,2H3,(H,14,17);2*6-7,9-11,14H,1,3-4H2,2H3,(H,13,16);2,6-8,11-12,14H,1,3-5H2,(H,13,15);2,5-6,9-11,13H,1,3-4H2,(H,12,14). The molecule has 6 saturated carbocycles. The molecule has 0 radical (unpaired) electrons. The van der Waals surface area contributed by atoms with Crippen molar-refractivity contribution in [1.29, 1.82) is 0 Å². The Kier molecular flexibility index (Phi) is 26.7. The van der Waals surface area contributed by atoms with Crippen LogP contribution in [0.3, 0.4) is 0 Å². The third-order valence-electron chi connectivity index (χ3n) is 25.4. The molecule has 12 bridgehead atoms. The Hall–Kier alpha value is -8.58. The Morgan fingerprint density at radius 3 is 0.718 bits per heavy atom. The van der Waals surface area contributed by atoms with Crippen LogP contribution < -0.4 is 60.2 Å². The highest BCUT2D eigenvalue weighted by atomic mass is 32.2. The third-order valence-corrected chi connectivity index (χ3v) is 36.8. The summed E-state index contributed by atoms with van der Waals surface area (Å²) in [5.74, 6) is -5.73. The first-order valence-electron chi connectivity index (χ1n) is 39.8. The van der Waals surface area contributed by atoms with E-state index in [4.69, 9.17) is 42.6 Å². The van der Waals surface area contributed by atoms with Crippen LogP contribution >= 0.6 is 0 Å². The number of esters is 6. The highest BCUT2D eigenvalue weighted by molar-refractivity contribution is 7.92. The van der Waals surface area contributed by atoms with Crippen molar-refractivity contribution in [2.45, 2.75) is 226 Å². The normalized spacial score (nSPS) is 38.6. The van der Waals surface area contributed by atoms with Crippen LogP contribution in [0.25, 0.3) is 0 Å². The molecular weight excluding hydrogens is 1770 g/mol. The Balaban J connectivity index is 0.000000128. The largest absolute Gasteiger partial charge is 0.459 e. The molecule has 0 aromatic rings. The maximum absolute atomic E-state index is 11.9. The van der Waals surface area contributed by atoms with E-state index in [9.17, 15) is 108 Å². The summed E-state index contributed by atoms with van der Waals surface area (Å²) in [6.45, 7) is 25.0. The van der Waals surface area contributed by atoms with Crippen LogP contribution in [-0.4, -0.2) is 302 Å². The van der Waals surface area contributed by atoms with Gasteiger partial charge in [-0.3, -0.25) is 57.5 Å². The number of hydrogen-bond donors (Lipinski definition) is 12. The highest BCUT2D eigenvalue weighted by Gasteiger charge is 2.70. The SMILES string of the molecule is C=C(C)C(=O)NCC(=O)OC1C2CC3C(O2)C1NS3(=O)=O.C=C(C)C(=O)NCC(=O)OC1C2CC3C(O2)C1NS3(=O)=O.C=C(C)C(=O)NCC(=O)OC1C2CC3C1NS(=O)(=O)C3C2.C=C(C)C(=O)NCC(=O)OC1C2CC3C1NS(=O)(=O)C3C2.C=CC(=O)NCC(=O)OC1C2CC3C(O2)C1NS3(=O)=O.C=CC(=O)NCC(=O)OC1C2CC3C1NS(=O)(=O)C3C2. The molecule has 12 N–H and O–H groups in total. The lowest BCUT2D eigenvalue weighted by Crippen LogP contribution is -2.46. The summed E-state index contributed by atoms with van der Waals surface area (Å²) >= 11 is 0. The zero-order valence-corrected chi connectivity index (χ0v) is 72.1. The number of ether oxygens (including phenoxy) is 9. The van der Waals surface area contributed by atoms with E-state index in [0.717, 1.165) is 31.4 Å². The molecule has 6 aliphatic carbocycles. The van der Waals surface area contributed by atoms with Crippen LogP contribution in [0, 0.1) is 35.5 Å². The number of carbonyl (C=O) groups is 12. The van der Waals surface area contributed by atoms with Gasteiger partial charge < -0.3 is 74.5 Å². The molecule has 18 aliphatic rings. The van der Waals surface area contributed by atoms with Crippen LogP contribution in [-0.2, 0) is 160 Å².